The van der Waals surface area contributed by atoms with Crippen LogP contribution in [0.1, 0.15) is 78.8 Å². The number of carboxylic acid groups (broad SMARTS) is 1. The first-order valence-corrected chi connectivity index (χ1v) is 22.7. The first-order valence-electron chi connectivity index (χ1n) is 22.0. The summed E-state index contributed by atoms with van der Waals surface area (Å²) in [4.78, 5) is 62.5. The molecule has 1 saturated heterocycles. The van der Waals surface area contributed by atoms with Gasteiger partial charge >= 0.3 is 12.1 Å². The summed E-state index contributed by atoms with van der Waals surface area (Å²) in [6, 6.07) is 22.8. The predicted molar refractivity (Wildman–Crippen MR) is 249 cm³/mol. The zero-order valence-corrected chi connectivity index (χ0v) is 38.9. The molecule has 4 heterocycles. The van der Waals surface area contributed by atoms with Crippen LogP contribution in [0.25, 0.3) is 11.1 Å². The van der Waals surface area contributed by atoms with Crippen LogP contribution in [-0.4, -0.2) is 80.6 Å². The number of nitrogens with zero attached hydrogens (tertiary/aromatic N) is 3. The molecule has 1 fully saturated rings. The minimum absolute atomic E-state index is 0.00415. The minimum Gasteiger partial charge on any atom is -0.489 e. The smallest absolute Gasteiger partial charge is 0.410 e. The highest BCUT2D eigenvalue weighted by Gasteiger charge is 2.44. The largest absolute Gasteiger partial charge is 0.489 e. The molecule has 0 unspecified atom stereocenters. The number of pyridine rings is 1. The number of halogens is 2. The summed E-state index contributed by atoms with van der Waals surface area (Å²) < 4.78 is 24.4. The molecule has 3 amide bonds. The highest BCUT2D eigenvalue weighted by molar-refractivity contribution is 6.42. The number of carbonyl (C=O) groups is 4. The molecule has 2 N–H and O–H groups in total. The minimum atomic E-state index is -1.29. The number of fused-ring (bicyclic) bond motifs is 2. The molecular weight excluding hydrogens is 883 g/mol. The number of carbonyl (C=O) groups excluding carboxylic acids is 3. The Hall–Kier alpha value is -6.31. The number of aromatic nitrogens is 1. The number of nitrogens with one attached hydrogen (secondary N) is 1. The van der Waals surface area contributed by atoms with Gasteiger partial charge in [-0.2, -0.15) is 0 Å². The van der Waals surface area contributed by atoms with E-state index in [1.54, 1.807) is 39.1 Å². The molecule has 3 aliphatic rings. The van der Waals surface area contributed by atoms with E-state index in [4.69, 9.17) is 42.1 Å². The molecular formula is C51H52Cl2N4O9. The number of rotatable bonds is 11. The van der Waals surface area contributed by atoms with Crippen LogP contribution in [0.15, 0.2) is 91.1 Å². The van der Waals surface area contributed by atoms with Gasteiger partial charge in [0.05, 0.1) is 10.0 Å². The molecule has 0 radical (unpaired) electrons. The van der Waals surface area contributed by atoms with E-state index in [1.165, 1.54) is 9.80 Å². The first kappa shape index (κ1) is 46.2. The van der Waals surface area contributed by atoms with Crippen molar-refractivity contribution in [2.75, 3.05) is 13.2 Å². The summed E-state index contributed by atoms with van der Waals surface area (Å²) in [6.07, 6.45) is 1.73. The molecule has 15 heteroatoms. The topological polar surface area (TPSA) is 157 Å². The number of ether oxygens (including phenoxy) is 4. The number of carboxylic acids is 1. The monoisotopic (exact) mass is 934 g/mol. The van der Waals surface area contributed by atoms with Gasteiger partial charge in [0.15, 0.2) is 17.6 Å². The fraction of sp³-hybridized carbons (Fsp3) is 0.353. The Kier molecular flexibility index (Phi) is 13.5. The van der Waals surface area contributed by atoms with Gasteiger partial charge in [-0.25, -0.2) is 9.59 Å². The van der Waals surface area contributed by atoms with E-state index in [-0.39, 0.29) is 26.0 Å². The van der Waals surface area contributed by atoms with E-state index in [0.29, 0.717) is 58.9 Å². The first-order chi connectivity index (χ1) is 31.5. The lowest BCUT2D eigenvalue weighted by atomic mass is 9.91. The highest BCUT2D eigenvalue weighted by atomic mass is 35.5. The van der Waals surface area contributed by atoms with Gasteiger partial charge in [0.1, 0.15) is 42.7 Å². The Balaban J connectivity index is 1.01. The molecule has 5 aromatic rings. The van der Waals surface area contributed by atoms with E-state index in [9.17, 15) is 24.3 Å². The molecule has 3 aliphatic heterocycles. The van der Waals surface area contributed by atoms with Crippen molar-refractivity contribution >= 4 is 47.1 Å². The lowest BCUT2D eigenvalue weighted by molar-refractivity contribution is -0.147. The number of aliphatic carboxylic acids is 1. The van der Waals surface area contributed by atoms with E-state index >= 15 is 0 Å². The normalized spacial score (nSPS) is 18.3. The Morgan fingerprint density at radius 3 is 2.32 bits per heavy atom. The standard InChI is InChI=1S/C51H52Cl2N4O9/c1-29-30(2)54-19-18-38(29)33-11-8-31(9-12-33)22-41(49(60)61)55-47(58)43-23-35-24-44-45(25-36(35)26-57(43)48(59)42-7-6-20-56(42)50(62)66-51(3,4)5)65-46(28-64-44)34-13-15-37(16-14-34)63-27-32-10-17-39(52)40(53)21-32/h8-19,21,24-25,41-43,46H,6-7,20,22-23,26-28H2,1-5H3,(H,55,58)(H,60,61)/t41-,42-,43-,46+/m0/s1. The second kappa shape index (κ2) is 19.3. The van der Waals surface area contributed by atoms with Crippen LogP contribution >= 0.6 is 23.2 Å². The van der Waals surface area contributed by atoms with E-state index < -0.39 is 53.7 Å². The van der Waals surface area contributed by atoms with Gasteiger partial charge in [-0.3, -0.25) is 19.5 Å². The van der Waals surface area contributed by atoms with Crippen molar-refractivity contribution < 1.29 is 43.2 Å². The van der Waals surface area contributed by atoms with Gasteiger partial charge in [0, 0.05) is 37.8 Å². The van der Waals surface area contributed by atoms with E-state index in [2.05, 4.69) is 10.3 Å². The van der Waals surface area contributed by atoms with Gasteiger partial charge < -0.3 is 34.3 Å². The SMILES string of the molecule is Cc1nccc(-c2ccc(C[C@H](NC(=O)[C@@H]3Cc4cc5c(cc4CN3C(=O)[C@@H]3CCCN3C(=O)OC(C)(C)C)O[C@@H](c3ccc(OCc4ccc(Cl)c(Cl)c4)cc3)CO5)C(=O)O)cc2)c1C. The van der Waals surface area contributed by atoms with Crippen LogP contribution in [0.2, 0.25) is 10.0 Å². The van der Waals surface area contributed by atoms with Gasteiger partial charge in [0.25, 0.3) is 0 Å². The van der Waals surface area contributed by atoms with Crippen LogP contribution < -0.4 is 19.5 Å². The van der Waals surface area contributed by atoms with Crippen LogP contribution in [0.3, 0.4) is 0 Å². The molecule has 8 rings (SSSR count). The maximum atomic E-state index is 14.7. The Bertz CT molecular complexity index is 2650. The Morgan fingerprint density at radius 2 is 1.61 bits per heavy atom. The number of aryl methyl sites for hydroxylation is 1. The fourth-order valence-corrected chi connectivity index (χ4v) is 8.91. The summed E-state index contributed by atoms with van der Waals surface area (Å²) in [5.41, 5.74) is 7.11. The molecule has 0 spiro atoms. The summed E-state index contributed by atoms with van der Waals surface area (Å²) >= 11 is 12.2. The third kappa shape index (κ3) is 10.4. The van der Waals surface area contributed by atoms with Crippen molar-refractivity contribution in [2.45, 2.75) is 103 Å². The fourth-order valence-electron chi connectivity index (χ4n) is 8.59. The van der Waals surface area contributed by atoms with Crippen molar-refractivity contribution in [3.63, 3.8) is 0 Å². The van der Waals surface area contributed by atoms with Crippen LogP contribution in [-0.2, 0) is 45.1 Å². The average molecular weight is 936 g/mol. The van der Waals surface area contributed by atoms with Crippen molar-refractivity contribution in [2.24, 2.45) is 0 Å². The predicted octanol–water partition coefficient (Wildman–Crippen LogP) is 9.23. The van der Waals surface area contributed by atoms with Crippen molar-refractivity contribution in [3.05, 3.63) is 140 Å². The zero-order valence-electron chi connectivity index (χ0n) is 37.4. The molecule has 4 atom stereocenters. The average Bonchev–Trinajstić information content (AvgIpc) is 3.79. The zero-order chi connectivity index (χ0) is 46.9. The molecule has 13 nitrogen and oxygen atoms in total. The summed E-state index contributed by atoms with van der Waals surface area (Å²) in [5.74, 6) is -0.649. The number of hydrogen-bond donors (Lipinski definition) is 2. The maximum Gasteiger partial charge on any atom is 0.410 e. The molecule has 0 bridgehead atoms. The van der Waals surface area contributed by atoms with Gasteiger partial charge in [-0.1, -0.05) is 65.7 Å². The van der Waals surface area contributed by atoms with Crippen LogP contribution in [0.4, 0.5) is 4.79 Å². The molecule has 1 aromatic heterocycles. The third-order valence-corrected chi connectivity index (χ3v) is 13.0. The number of hydrogen-bond acceptors (Lipinski definition) is 9. The van der Waals surface area contributed by atoms with E-state index in [1.807, 2.05) is 86.6 Å². The van der Waals surface area contributed by atoms with Crippen molar-refractivity contribution in [1.29, 1.82) is 0 Å². The molecule has 344 valence electrons. The van der Waals surface area contributed by atoms with Crippen LogP contribution in [0.5, 0.6) is 17.2 Å². The quantitative estimate of drug-likeness (QED) is 0.131. The Morgan fingerprint density at radius 1 is 0.879 bits per heavy atom. The molecule has 66 heavy (non-hydrogen) atoms. The van der Waals surface area contributed by atoms with Gasteiger partial charge in [-0.15, -0.1) is 0 Å². The van der Waals surface area contributed by atoms with E-state index in [0.717, 1.165) is 44.6 Å². The summed E-state index contributed by atoms with van der Waals surface area (Å²) in [7, 11) is 0. The second-order valence-corrected chi connectivity index (χ2v) is 18.8. The molecule has 0 aliphatic carbocycles. The summed E-state index contributed by atoms with van der Waals surface area (Å²) in [6.45, 7) is 10.1. The lowest BCUT2D eigenvalue weighted by Gasteiger charge is -2.40. The maximum absolute atomic E-state index is 14.7. The second-order valence-electron chi connectivity index (χ2n) is 18.0. The third-order valence-electron chi connectivity index (χ3n) is 12.2. The number of amides is 3. The highest BCUT2D eigenvalue weighted by Crippen LogP contribution is 2.41. The molecule has 0 saturated carbocycles. The molecule has 4 aromatic carbocycles. The van der Waals surface area contributed by atoms with Gasteiger partial charge in [0.2, 0.25) is 11.8 Å². The van der Waals surface area contributed by atoms with Crippen molar-refractivity contribution in [3.8, 4) is 28.4 Å². The van der Waals surface area contributed by atoms with Gasteiger partial charge in [-0.05, 0) is 134 Å². The Labute approximate surface area is 393 Å². The van der Waals surface area contributed by atoms with Crippen molar-refractivity contribution in [1.82, 2.24) is 20.1 Å². The summed E-state index contributed by atoms with van der Waals surface area (Å²) in [5, 5.41) is 14.1. The lowest BCUT2D eigenvalue weighted by Crippen LogP contribution is -2.59. The van der Waals surface area contributed by atoms with Crippen LogP contribution in [0, 0.1) is 13.8 Å². The number of likely N-dealkylation sites (tertiary alicyclic amines) is 1. The number of benzene rings is 4.